The Morgan fingerprint density at radius 1 is 1.62 bits per heavy atom. The minimum Gasteiger partial charge on any atom is -0.495 e. The van der Waals surface area contributed by atoms with Gasteiger partial charge in [0.2, 0.25) is 0 Å². The minimum absolute atomic E-state index is 0.357. The lowest BCUT2D eigenvalue weighted by atomic mass is 10.1. The van der Waals surface area contributed by atoms with Gasteiger partial charge in [0.25, 0.3) is 0 Å². The van der Waals surface area contributed by atoms with Crippen LogP contribution in [0.25, 0.3) is 0 Å². The number of carbonyl (C=O) groups excluding carboxylic acids is 1. The summed E-state index contributed by atoms with van der Waals surface area (Å²) in [6.07, 6.45) is 5.89. The smallest absolute Gasteiger partial charge is 0.150 e. The molecule has 1 aromatic rings. The Labute approximate surface area is 81.5 Å². The second-order valence-electron chi connectivity index (χ2n) is 2.35. The number of terminal acetylenes is 1. The Kier molecular flexibility index (Phi) is 2.94. The van der Waals surface area contributed by atoms with Crippen molar-refractivity contribution in [2.24, 2.45) is 0 Å². The molecule has 0 fully saturated rings. The molecule has 0 unspecified atom stereocenters. The number of rotatable bonds is 2. The van der Waals surface area contributed by atoms with Gasteiger partial charge < -0.3 is 4.74 Å². The maximum absolute atomic E-state index is 10.5. The molecule has 3 heteroatoms. The average molecular weight is 195 g/mol. The fourth-order valence-corrected chi connectivity index (χ4v) is 1.18. The summed E-state index contributed by atoms with van der Waals surface area (Å²) in [4.78, 5) is 10.5. The quantitative estimate of drug-likeness (QED) is 0.533. The van der Waals surface area contributed by atoms with Crippen LogP contribution in [0.2, 0.25) is 5.02 Å². The van der Waals surface area contributed by atoms with Crippen LogP contribution in [0, 0.1) is 12.3 Å². The van der Waals surface area contributed by atoms with Gasteiger partial charge in [-0.1, -0.05) is 17.5 Å². The minimum atomic E-state index is 0.357. The van der Waals surface area contributed by atoms with E-state index in [4.69, 9.17) is 22.8 Å². The van der Waals surface area contributed by atoms with Crippen molar-refractivity contribution in [1.29, 1.82) is 0 Å². The molecule has 0 N–H and O–H groups in total. The van der Waals surface area contributed by atoms with Crippen LogP contribution in [0.1, 0.15) is 15.9 Å². The van der Waals surface area contributed by atoms with Crippen LogP contribution < -0.4 is 4.74 Å². The van der Waals surface area contributed by atoms with E-state index in [-0.39, 0.29) is 0 Å². The van der Waals surface area contributed by atoms with E-state index in [1.165, 1.54) is 19.2 Å². The first-order valence-corrected chi connectivity index (χ1v) is 3.90. The number of benzene rings is 1. The first kappa shape index (κ1) is 9.63. The highest BCUT2D eigenvalue weighted by Gasteiger charge is 2.07. The normalized spacial score (nSPS) is 9.00. The van der Waals surface area contributed by atoms with Gasteiger partial charge in [0.05, 0.1) is 12.1 Å². The van der Waals surface area contributed by atoms with Crippen molar-refractivity contribution in [3.05, 3.63) is 28.3 Å². The number of halogens is 1. The zero-order chi connectivity index (χ0) is 9.84. The Morgan fingerprint density at radius 2 is 2.31 bits per heavy atom. The molecule has 0 atom stereocenters. The lowest BCUT2D eigenvalue weighted by Gasteiger charge is -2.05. The summed E-state index contributed by atoms with van der Waals surface area (Å²) < 4.78 is 4.94. The molecule has 1 rings (SSSR count). The monoisotopic (exact) mass is 194 g/mol. The predicted molar refractivity (Wildman–Crippen MR) is 51.3 cm³/mol. The zero-order valence-corrected chi connectivity index (χ0v) is 7.76. The van der Waals surface area contributed by atoms with E-state index in [1.54, 1.807) is 0 Å². The van der Waals surface area contributed by atoms with Crippen LogP contribution >= 0.6 is 11.6 Å². The summed E-state index contributed by atoms with van der Waals surface area (Å²) in [6.45, 7) is 0. The third kappa shape index (κ3) is 1.82. The standard InChI is InChI=1S/C10H7ClO2/c1-3-8-4-7(6-12)5-9(13-2)10(8)11/h1,4-6H,2H3. The first-order valence-electron chi connectivity index (χ1n) is 3.52. The van der Waals surface area contributed by atoms with Crippen LogP contribution in [-0.2, 0) is 0 Å². The molecule has 2 nitrogen and oxygen atoms in total. The van der Waals surface area contributed by atoms with Crippen molar-refractivity contribution in [3.8, 4) is 18.1 Å². The highest BCUT2D eigenvalue weighted by atomic mass is 35.5. The number of carbonyl (C=O) groups is 1. The molecule has 0 heterocycles. The van der Waals surface area contributed by atoms with E-state index >= 15 is 0 Å². The van der Waals surface area contributed by atoms with Gasteiger partial charge in [-0.3, -0.25) is 4.79 Å². The fraction of sp³-hybridized carbons (Fsp3) is 0.100. The van der Waals surface area contributed by atoms with E-state index < -0.39 is 0 Å². The molecule has 0 saturated heterocycles. The molecular weight excluding hydrogens is 188 g/mol. The number of aldehydes is 1. The molecule has 0 aliphatic heterocycles. The lowest BCUT2D eigenvalue weighted by molar-refractivity contribution is 0.112. The fourth-order valence-electron chi connectivity index (χ4n) is 0.941. The maximum Gasteiger partial charge on any atom is 0.150 e. The number of hydrogen-bond donors (Lipinski definition) is 0. The molecule has 13 heavy (non-hydrogen) atoms. The van der Waals surface area contributed by atoms with Crippen molar-refractivity contribution in [1.82, 2.24) is 0 Å². The van der Waals surface area contributed by atoms with Crippen LogP contribution in [0.5, 0.6) is 5.75 Å². The summed E-state index contributed by atoms with van der Waals surface area (Å²) in [5, 5.41) is 0.357. The predicted octanol–water partition coefficient (Wildman–Crippen LogP) is 2.14. The second-order valence-corrected chi connectivity index (χ2v) is 2.72. The van der Waals surface area contributed by atoms with E-state index in [0.29, 0.717) is 28.2 Å². The van der Waals surface area contributed by atoms with Crippen molar-refractivity contribution in [2.75, 3.05) is 7.11 Å². The summed E-state index contributed by atoms with van der Waals surface area (Å²) in [7, 11) is 1.47. The van der Waals surface area contributed by atoms with E-state index in [2.05, 4.69) is 5.92 Å². The summed E-state index contributed by atoms with van der Waals surface area (Å²) in [5.74, 6) is 2.79. The van der Waals surface area contributed by atoms with Crippen LogP contribution in [0.15, 0.2) is 12.1 Å². The molecule has 0 radical (unpaired) electrons. The molecular formula is C10H7ClO2. The Morgan fingerprint density at radius 3 is 2.77 bits per heavy atom. The summed E-state index contributed by atoms with van der Waals surface area (Å²) >= 11 is 5.85. The lowest BCUT2D eigenvalue weighted by Crippen LogP contribution is -1.90. The van der Waals surface area contributed by atoms with Crippen LogP contribution in [0.4, 0.5) is 0 Å². The van der Waals surface area contributed by atoms with Crippen LogP contribution in [0.3, 0.4) is 0 Å². The van der Waals surface area contributed by atoms with Crippen molar-refractivity contribution in [2.45, 2.75) is 0 Å². The molecule has 0 amide bonds. The Balaban J connectivity index is 3.39. The highest BCUT2D eigenvalue weighted by molar-refractivity contribution is 6.33. The summed E-state index contributed by atoms with van der Waals surface area (Å²) in [6, 6.07) is 3.08. The molecule has 66 valence electrons. The number of methoxy groups -OCH3 is 1. The number of hydrogen-bond acceptors (Lipinski definition) is 2. The average Bonchev–Trinajstić information content (AvgIpc) is 2.18. The van der Waals surface area contributed by atoms with Gasteiger partial charge in [0.15, 0.2) is 0 Å². The van der Waals surface area contributed by atoms with Gasteiger partial charge in [-0.15, -0.1) is 6.42 Å². The molecule has 0 spiro atoms. The van der Waals surface area contributed by atoms with Crippen molar-refractivity contribution in [3.63, 3.8) is 0 Å². The van der Waals surface area contributed by atoms with Gasteiger partial charge in [-0.25, -0.2) is 0 Å². The molecule has 0 aromatic heterocycles. The third-order valence-electron chi connectivity index (χ3n) is 1.57. The SMILES string of the molecule is C#Cc1cc(C=O)cc(OC)c1Cl. The highest BCUT2D eigenvalue weighted by Crippen LogP contribution is 2.28. The Hall–Kier alpha value is -1.46. The van der Waals surface area contributed by atoms with E-state index in [9.17, 15) is 4.79 Å². The third-order valence-corrected chi connectivity index (χ3v) is 1.96. The van der Waals surface area contributed by atoms with Gasteiger partial charge >= 0.3 is 0 Å². The largest absolute Gasteiger partial charge is 0.495 e. The van der Waals surface area contributed by atoms with Crippen molar-refractivity contribution >= 4 is 17.9 Å². The van der Waals surface area contributed by atoms with E-state index in [0.717, 1.165) is 0 Å². The molecule has 0 bridgehead atoms. The Bertz CT molecular complexity index is 377. The van der Waals surface area contributed by atoms with Gasteiger partial charge in [0, 0.05) is 11.1 Å². The van der Waals surface area contributed by atoms with E-state index in [1.807, 2.05) is 0 Å². The topological polar surface area (TPSA) is 26.3 Å². The van der Waals surface area contributed by atoms with Crippen LogP contribution in [-0.4, -0.2) is 13.4 Å². The number of ether oxygens (including phenoxy) is 1. The maximum atomic E-state index is 10.5. The zero-order valence-electron chi connectivity index (χ0n) is 7.00. The first-order chi connectivity index (χ1) is 6.22. The van der Waals surface area contributed by atoms with Gasteiger partial charge in [-0.2, -0.15) is 0 Å². The van der Waals surface area contributed by atoms with Gasteiger partial charge in [0.1, 0.15) is 12.0 Å². The van der Waals surface area contributed by atoms with Gasteiger partial charge in [-0.05, 0) is 12.1 Å². The molecule has 0 aliphatic rings. The molecule has 1 aromatic carbocycles. The van der Waals surface area contributed by atoms with Crippen molar-refractivity contribution < 1.29 is 9.53 Å². The molecule has 0 aliphatic carbocycles. The second kappa shape index (κ2) is 3.97. The summed E-state index contributed by atoms with van der Waals surface area (Å²) in [5.41, 5.74) is 0.914. The molecule has 0 saturated carbocycles.